The summed E-state index contributed by atoms with van der Waals surface area (Å²) < 4.78 is 36.0. The second-order valence-corrected chi connectivity index (χ2v) is 8.83. The third-order valence-corrected chi connectivity index (χ3v) is 6.78. The Balaban J connectivity index is 1.34. The van der Waals surface area contributed by atoms with Gasteiger partial charge in [0.25, 0.3) is 0 Å². The van der Waals surface area contributed by atoms with Crippen molar-refractivity contribution in [1.29, 1.82) is 0 Å². The minimum Gasteiger partial charge on any atom is -0.486 e. The molecule has 1 N–H and O–H groups in total. The molecule has 0 spiro atoms. The van der Waals surface area contributed by atoms with E-state index in [9.17, 15) is 8.42 Å². The van der Waals surface area contributed by atoms with Gasteiger partial charge >= 0.3 is 0 Å². The van der Waals surface area contributed by atoms with E-state index in [-0.39, 0.29) is 11.8 Å². The molecule has 0 saturated carbocycles. The molecule has 0 radical (unpaired) electrons. The number of sulfone groups is 1. The molecule has 0 amide bonds. The number of fused-ring (bicyclic) bond motifs is 2. The van der Waals surface area contributed by atoms with Gasteiger partial charge in [-0.25, -0.2) is 8.42 Å². The molecule has 0 saturated heterocycles. The van der Waals surface area contributed by atoms with Crippen LogP contribution in [0.4, 0.5) is 0 Å². The molecule has 1 atom stereocenters. The molecular formula is C20H23NO4S. The van der Waals surface area contributed by atoms with Crippen molar-refractivity contribution in [2.45, 2.75) is 30.2 Å². The van der Waals surface area contributed by atoms with E-state index in [1.807, 2.05) is 6.07 Å². The van der Waals surface area contributed by atoms with E-state index >= 15 is 0 Å². The molecule has 0 fully saturated rings. The first-order valence-corrected chi connectivity index (χ1v) is 10.7. The lowest BCUT2D eigenvalue weighted by atomic mass is 10.1. The molecule has 26 heavy (non-hydrogen) atoms. The Morgan fingerprint density at radius 3 is 2.54 bits per heavy atom. The third kappa shape index (κ3) is 3.57. The van der Waals surface area contributed by atoms with Gasteiger partial charge in [0.15, 0.2) is 21.3 Å². The summed E-state index contributed by atoms with van der Waals surface area (Å²) in [5, 5.41) is 3.51. The van der Waals surface area contributed by atoms with Crippen LogP contribution in [-0.2, 0) is 16.3 Å². The van der Waals surface area contributed by atoms with Crippen LogP contribution < -0.4 is 14.8 Å². The molecule has 138 valence electrons. The van der Waals surface area contributed by atoms with Gasteiger partial charge in [0.2, 0.25) is 0 Å². The van der Waals surface area contributed by atoms with Crippen LogP contribution in [0.3, 0.4) is 0 Å². The lowest BCUT2D eigenvalue weighted by Gasteiger charge is -2.21. The van der Waals surface area contributed by atoms with E-state index in [0.29, 0.717) is 31.1 Å². The minimum atomic E-state index is -3.21. The van der Waals surface area contributed by atoms with Crippen LogP contribution in [0.15, 0.2) is 47.4 Å². The predicted octanol–water partition coefficient (Wildman–Crippen LogP) is 2.90. The van der Waals surface area contributed by atoms with E-state index in [1.54, 1.807) is 24.3 Å². The van der Waals surface area contributed by atoms with E-state index in [4.69, 9.17) is 9.47 Å². The van der Waals surface area contributed by atoms with Crippen molar-refractivity contribution < 1.29 is 17.9 Å². The zero-order valence-corrected chi connectivity index (χ0v) is 15.4. The molecule has 1 aliphatic heterocycles. The lowest BCUT2D eigenvalue weighted by Crippen LogP contribution is -2.23. The van der Waals surface area contributed by atoms with Crippen molar-refractivity contribution in [2.75, 3.05) is 25.5 Å². The quantitative estimate of drug-likeness (QED) is 0.789. The van der Waals surface area contributed by atoms with Crippen LogP contribution in [0, 0.1) is 0 Å². The van der Waals surface area contributed by atoms with Crippen LogP contribution in [-0.4, -0.2) is 33.9 Å². The smallest absolute Gasteiger partial charge is 0.178 e. The maximum absolute atomic E-state index is 12.3. The molecule has 1 heterocycles. The second kappa shape index (κ2) is 7.29. The van der Waals surface area contributed by atoms with Gasteiger partial charge in [-0.1, -0.05) is 18.2 Å². The highest BCUT2D eigenvalue weighted by molar-refractivity contribution is 7.91. The number of nitrogens with one attached hydrogen (secondary N) is 1. The molecule has 0 bridgehead atoms. The van der Waals surface area contributed by atoms with Gasteiger partial charge in [-0.15, -0.1) is 0 Å². The Kier molecular flexibility index (Phi) is 4.87. The van der Waals surface area contributed by atoms with Crippen molar-refractivity contribution >= 4 is 9.84 Å². The monoisotopic (exact) mass is 373 g/mol. The van der Waals surface area contributed by atoms with Gasteiger partial charge < -0.3 is 14.8 Å². The number of aryl methyl sites for hydroxylation is 1. The molecule has 4 rings (SSSR count). The number of benzene rings is 2. The highest BCUT2D eigenvalue weighted by atomic mass is 32.2. The Hall–Kier alpha value is -2.05. The van der Waals surface area contributed by atoms with Crippen LogP contribution in [0.1, 0.15) is 30.0 Å². The summed E-state index contributed by atoms with van der Waals surface area (Å²) in [4.78, 5) is 0.398. The van der Waals surface area contributed by atoms with E-state index < -0.39 is 9.84 Å². The Morgan fingerprint density at radius 1 is 1.04 bits per heavy atom. The van der Waals surface area contributed by atoms with Crippen molar-refractivity contribution in [3.63, 3.8) is 0 Å². The maximum Gasteiger partial charge on any atom is 0.178 e. The van der Waals surface area contributed by atoms with Crippen molar-refractivity contribution in [2.24, 2.45) is 0 Å². The first kappa shape index (κ1) is 17.4. The van der Waals surface area contributed by atoms with E-state index in [0.717, 1.165) is 24.3 Å². The van der Waals surface area contributed by atoms with Crippen LogP contribution in [0.5, 0.6) is 11.5 Å². The zero-order chi connectivity index (χ0) is 18.0. The summed E-state index contributed by atoms with van der Waals surface area (Å²) in [6, 6.07) is 13.1. The summed E-state index contributed by atoms with van der Waals surface area (Å²) in [5.41, 5.74) is 2.55. The van der Waals surface area contributed by atoms with Crippen molar-refractivity contribution in [3.05, 3.63) is 53.6 Å². The van der Waals surface area contributed by atoms with Gasteiger partial charge in [-0.2, -0.15) is 0 Å². The third-order valence-electron chi connectivity index (χ3n) is 4.96. The summed E-state index contributed by atoms with van der Waals surface area (Å²) in [5.74, 6) is 1.81. The fourth-order valence-electron chi connectivity index (χ4n) is 3.64. The summed E-state index contributed by atoms with van der Waals surface area (Å²) in [6.07, 6.45) is 2.61. The van der Waals surface area contributed by atoms with Gasteiger partial charge in [-0.3, -0.25) is 0 Å². The van der Waals surface area contributed by atoms with E-state index in [1.165, 1.54) is 11.1 Å². The standard InChI is InChI=1S/C20H23NO4S/c22-26(23,16-5-2-1-3-6-16)12-4-9-21-18-8-7-15-13-19-20(14-17(15)18)25-11-10-24-19/h1-3,5-6,13-14,18,21H,4,7-12H2. The van der Waals surface area contributed by atoms with Crippen molar-refractivity contribution in [3.8, 4) is 11.5 Å². The average Bonchev–Trinajstić information content (AvgIpc) is 3.06. The first-order valence-electron chi connectivity index (χ1n) is 9.07. The van der Waals surface area contributed by atoms with E-state index in [2.05, 4.69) is 17.4 Å². The zero-order valence-electron chi connectivity index (χ0n) is 14.6. The minimum absolute atomic E-state index is 0.157. The molecular weight excluding hydrogens is 350 g/mol. The fourth-order valence-corrected chi connectivity index (χ4v) is 4.97. The SMILES string of the molecule is O=S(=O)(CCCNC1CCc2cc3c(cc21)OCCO3)c1ccccc1. The predicted molar refractivity (Wildman–Crippen MR) is 99.6 cm³/mol. The summed E-state index contributed by atoms with van der Waals surface area (Å²) >= 11 is 0. The highest BCUT2D eigenvalue weighted by Crippen LogP contribution is 2.40. The van der Waals surface area contributed by atoms with Gasteiger partial charge in [-0.05, 0) is 61.2 Å². The molecule has 0 aromatic heterocycles. The molecule has 2 aromatic rings. The normalized spacial score (nSPS) is 18.5. The lowest BCUT2D eigenvalue weighted by molar-refractivity contribution is 0.171. The second-order valence-electron chi connectivity index (χ2n) is 6.73. The molecule has 2 aromatic carbocycles. The molecule has 2 aliphatic rings. The topological polar surface area (TPSA) is 64.6 Å². The Labute approximate surface area is 154 Å². The number of rotatable bonds is 6. The number of ether oxygens (including phenoxy) is 2. The molecule has 1 aliphatic carbocycles. The number of hydrogen-bond acceptors (Lipinski definition) is 5. The van der Waals surface area contributed by atoms with Crippen LogP contribution in [0.25, 0.3) is 0 Å². The molecule has 1 unspecified atom stereocenters. The average molecular weight is 373 g/mol. The van der Waals surface area contributed by atoms with Crippen LogP contribution in [0.2, 0.25) is 0 Å². The summed E-state index contributed by atoms with van der Waals surface area (Å²) in [6.45, 7) is 1.86. The largest absolute Gasteiger partial charge is 0.486 e. The van der Waals surface area contributed by atoms with Gasteiger partial charge in [0, 0.05) is 6.04 Å². The van der Waals surface area contributed by atoms with Gasteiger partial charge in [0.1, 0.15) is 13.2 Å². The molecule has 5 nitrogen and oxygen atoms in total. The Bertz CT molecular complexity index is 880. The number of hydrogen-bond donors (Lipinski definition) is 1. The maximum atomic E-state index is 12.3. The van der Waals surface area contributed by atoms with Gasteiger partial charge in [0.05, 0.1) is 10.6 Å². The molecule has 6 heteroatoms. The van der Waals surface area contributed by atoms with Crippen LogP contribution >= 0.6 is 0 Å². The highest BCUT2D eigenvalue weighted by Gasteiger charge is 2.26. The fraction of sp³-hybridized carbons (Fsp3) is 0.400. The Morgan fingerprint density at radius 2 is 1.77 bits per heavy atom. The first-order chi connectivity index (χ1) is 12.6. The summed E-state index contributed by atoms with van der Waals surface area (Å²) in [7, 11) is -3.21. The van der Waals surface area contributed by atoms with Crippen molar-refractivity contribution in [1.82, 2.24) is 5.32 Å².